The molecule has 0 radical (unpaired) electrons. The van der Waals surface area contributed by atoms with E-state index in [4.69, 9.17) is 0 Å². The Kier molecular flexibility index (Phi) is 3.41. The van der Waals surface area contributed by atoms with E-state index in [0.717, 1.165) is 27.1 Å². The van der Waals surface area contributed by atoms with Crippen LogP contribution in [-0.4, -0.2) is 15.9 Å². The fraction of sp³-hybridized carbons (Fsp3) is 0.158. The van der Waals surface area contributed by atoms with E-state index in [1.165, 1.54) is 16.9 Å². The van der Waals surface area contributed by atoms with Crippen molar-refractivity contribution >= 4 is 33.4 Å². The molecule has 2 unspecified atom stereocenters. The minimum absolute atomic E-state index is 0.0208. The molecule has 0 spiro atoms. The average molecular weight is 348 g/mol. The number of para-hydroxylation sites is 2. The van der Waals surface area contributed by atoms with Crippen LogP contribution >= 0.6 is 11.3 Å². The van der Waals surface area contributed by atoms with Gasteiger partial charge in [-0.3, -0.25) is 10.2 Å². The van der Waals surface area contributed by atoms with Crippen molar-refractivity contribution in [2.45, 2.75) is 6.04 Å². The third-order valence-electron chi connectivity index (χ3n) is 4.69. The van der Waals surface area contributed by atoms with E-state index < -0.39 is 0 Å². The second-order valence-corrected chi connectivity index (χ2v) is 7.24. The largest absolute Gasteiger partial charge is 0.274 e. The quantitative estimate of drug-likeness (QED) is 0.581. The van der Waals surface area contributed by atoms with E-state index in [1.54, 1.807) is 4.40 Å². The number of fused-ring (bicyclic) bond motifs is 3. The van der Waals surface area contributed by atoms with Gasteiger partial charge in [-0.1, -0.05) is 59.9 Å². The lowest BCUT2D eigenvalue weighted by molar-refractivity contribution is 0.551. The van der Waals surface area contributed by atoms with E-state index in [2.05, 4.69) is 34.0 Å². The van der Waals surface area contributed by atoms with E-state index in [9.17, 15) is 4.79 Å². The molecule has 0 bridgehead atoms. The van der Waals surface area contributed by atoms with Crippen molar-refractivity contribution < 1.29 is 0 Å². The van der Waals surface area contributed by atoms with Crippen molar-refractivity contribution in [1.82, 2.24) is 20.2 Å². The van der Waals surface area contributed by atoms with E-state index in [0.29, 0.717) is 0 Å². The molecule has 3 heterocycles. The van der Waals surface area contributed by atoms with Crippen molar-refractivity contribution in [2.24, 2.45) is 5.92 Å². The Bertz CT molecular complexity index is 1160. The maximum atomic E-state index is 12.9. The normalized spacial score (nSPS) is 21.5. The summed E-state index contributed by atoms with van der Waals surface area (Å²) in [6.45, 7) is 0.792. The molecule has 25 heavy (non-hydrogen) atoms. The Labute approximate surface area is 147 Å². The van der Waals surface area contributed by atoms with Gasteiger partial charge in [-0.05, 0) is 17.7 Å². The maximum absolute atomic E-state index is 12.9. The molecule has 4 aromatic rings. The molecule has 2 aromatic heterocycles. The maximum Gasteiger partial charge on any atom is 0.274 e. The Morgan fingerprint density at radius 2 is 1.92 bits per heavy atom. The molecule has 2 N–H and O–H groups in total. The van der Waals surface area contributed by atoms with Gasteiger partial charge < -0.3 is 0 Å². The monoisotopic (exact) mass is 348 g/mol. The number of hydrazine groups is 1. The van der Waals surface area contributed by atoms with Crippen molar-refractivity contribution in [3.63, 3.8) is 0 Å². The van der Waals surface area contributed by atoms with Crippen LogP contribution in [0, 0.1) is 5.92 Å². The highest BCUT2D eigenvalue weighted by Gasteiger charge is 2.26. The number of hydrogen-bond donors (Lipinski definition) is 2. The predicted molar refractivity (Wildman–Crippen MR) is 100 cm³/mol. The number of hydrogen-bond acceptors (Lipinski definition) is 5. The van der Waals surface area contributed by atoms with Gasteiger partial charge in [0.05, 0.1) is 21.6 Å². The Balaban J connectivity index is 1.63. The highest BCUT2D eigenvalue weighted by atomic mass is 32.1. The highest BCUT2D eigenvalue weighted by molar-refractivity contribution is 7.15. The van der Waals surface area contributed by atoms with Crippen LogP contribution in [0.1, 0.15) is 11.6 Å². The minimum Gasteiger partial charge on any atom is -0.267 e. The van der Waals surface area contributed by atoms with Gasteiger partial charge in [-0.15, -0.1) is 0 Å². The Hall–Kier alpha value is -2.54. The molecule has 1 saturated heterocycles. The molecule has 1 aliphatic rings. The summed E-state index contributed by atoms with van der Waals surface area (Å²) >= 11 is 1.46. The molecular formula is C19H16N4OS. The van der Waals surface area contributed by atoms with Gasteiger partial charge in [-0.25, -0.2) is 14.8 Å². The van der Waals surface area contributed by atoms with Gasteiger partial charge in [0.2, 0.25) is 0 Å². The smallest absolute Gasteiger partial charge is 0.267 e. The lowest BCUT2D eigenvalue weighted by atomic mass is 9.95. The first-order chi connectivity index (χ1) is 12.3. The summed E-state index contributed by atoms with van der Waals surface area (Å²) in [5, 5.41) is 0. The van der Waals surface area contributed by atoms with Gasteiger partial charge in [0.15, 0.2) is 4.96 Å². The van der Waals surface area contributed by atoms with Gasteiger partial charge in [0.25, 0.3) is 5.56 Å². The van der Waals surface area contributed by atoms with E-state index in [-0.39, 0.29) is 17.5 Å². The van der Waals surface area contributed by atoms with Crippen LogP contribution in [0.3, 0.4) is 0 Å². The Morgan fingerprint density at radius 1 is 1.12 bits per heavy atom. The number of thiazole rings is 1. The molecule has 0 saturated carbocycles. The summed E-state index contributed by atoms with van der Waals surface area (Å²) in [4.78, 5) is 18.2. The van der Waals surface area contributed by atoms with Crippen LogP contribution in [-0.2, 0) is 0 Å². The van der Waals surface area contributed by atoms with Crippen molar-refractivity contribution in [1.29, 1.82) is 0 Å². The van der Waals surface area contributed by atoms with Gasteiger partial charge >= 0.3 is 0 Å². The number of aromatic nitrogens is 2. The molecule has 124 valence electrons. The first-order valence-electron chi connectivity index (χ1n) is 8.26. The molecule has 6 heteroatoms. The van der Waals surface area contributed by atoms with Crippen LogP contribution in [0.25, 0.3) is 22.1 Å². The van der Waals surface area contributed by atoms with Crippen LogP contribution in [0.2, 0.25) is 0 Å². The summed E-state index contributed by atoms with van der Waals surface area (Å²) in [5.74, 6) is 0.213. The molecule has 2 atom stereocenters. The van der Waals surface area contributed by atoms with Crippen LogP contribution in [0.5, 0.6) is 0 Å². The Morgan fingerprint density at radius 3 is 2.80 bits per heavy atom. The summed E-state index contributed by atoms with van der Waals surface area (Å²) in [5.41, 5.74) is 9.51. The van der Waals surface area contributed by atoms with Gasteiger partial charge in [0.1, 0.15) is 0 Å². The average Bonchev–Trinajstić information content (AvgIpc) is 3.32. The molecule has 5 nitrogen and oxygen atoms in total. The summed E-state index contributed by atoms with van der Waals surface area (Å²) in [6.07, 6.45) is 2.08. The van der Waals surface area contributed by atoms with Crippen LogP contribution in [0.4, 0.5) is 0 Å². The molecule has 0 amide bonds. The second-order valence-electron chi connectivity index (χ2n) is 6.23. The van der Waals surface area contributed by atoms with Crippen molar-refractivity contribution in [3.8, 4) is 0 Å². The lowest BCUT2D eigenvalue weighted by Crippen LogP contribution is -2.26. The number of nitrogens with one attached hydrogen (secondary N) is 2. The minimum atomic E-state index is 0.0208. The first-order valence-corrected chi connectivity index (χ1v) is 9.08. The van der Waals surface area contributed by atoms with E-state index >= 15 is 0 Å². The third kappa shape index (κ3) is 2.38. The SMILES string of the molecule is O=c1/c(=C\C2CNNC2c2ccccc2)sc2nc3ccccc3n12. The molecule has 2 aromatic carbocycles. The van der Waals surface area contributed by atoms with Gasteiger partial charge in [-0.2, -0.15) is 0 Å². The number of rotatable bonds is 2. The zero-order valence-corrected chi connectivity index (χ0v) is 14.2. The molecule has 1 fully saturated rings. The summed E-state index contributed by atoms with van der Waals surface area (Å²) < 4.78 is 2.48. The van der Waals surface area contributed by atoms with Crippen molar-refractivity contribution in [2.75, 3.05) is 6.54 Å². The molecule has 1 aliphatic heterocycles. The third-order valence-corrected chi connectivity index (χ3v) is 5.68. The lowest BCUT2D eigenvalue weighted by Gasteiger charge is -2.15. The molecular weight excluding hydrogens is 332 g/mol. The number of benzene rings is 2. The predicted octanol–water partition coefficient (Wildman–Crippen LogP) is 1.87. The molecule has 5 rings (SSSR count). The number of imidazole rings is 1. The zero-order chi connectivity index (χ0) is 16.8. The van der Waals surface area contributed by atoms with Crippen LogP contribution in [0.15, 0.2) is 59.4 Å². The topological polar surface area (TPSA) is 58.4 Å². The molecule has 0 aliphatic carbocycles. The standard InChI is InChI=1S/C19H16N4OS/c24-18-16(25-19-21-14-8-4-5-9-15(14)23(18)19)10-13-11-20-22-17(13)12-6-2-1-3-7-12/h1-10,13,17,20,22H,11H2/b16-10+. The zero-order valence-electron chi connectivity index (χ0n) is 13.3. The second kappa shape index (κ2) is 5.77. The van der Waals surface area contributed by atoms with Crippen LogP contribution < -0.4 is 20.9 Å². The van der Waals surface area contributed by atoms with Gasteiger partial charge in [0, 0.05) is 12.5 Å². The summed E-state index contributed by atoms with van der Waals surface area (Å²) in [6, 6.07) is 18.2. The first kappa shape index (κ1) is 14.8. The fourth-order valence-electron chi connectivity index (χ4n) is 3.48. The van der Waals surface area contributed by atoms with Crippen molar-refractivity contribution in [3.05, 3.63) is 75.0 Å². The summed E-state index contributed by atoms with van der Waals surface area (Å²) in [7, 11) is 0. The fourth-order valence-corrected chi connectivity index (χ4v) is 4.51. The highest BCUT2D eigenvalue weighted by Crippen LogP contribution is 2.26. The van der Waals surface area contributed by atoms with E-state index in [1.807, 2.05) is 42.5 Å². The number of nitrogens with zero attached hydrogens (tertiary/aromatic N) is 2.